The Morgan fingerprint density at radius 2 is 2.05 bits per heavy atom. The van der Waals surface area contributed by atoms with Crippen LogP contribution in [-0.2, 0) is 10.0 Å². The number of benzene rings is 1. The lowest BCUT2D eigenvalue weighted by molar-refractivity contribution is 0.578. The van der Waals surface area contributed by atoms with Gasteiger partial charge in [-0.3, -0.25) is 5.43 Å². The van der Waals surface area contributed by atoms with Gasteiger partial charge >= 0.3 is 0 Å². The van der Waals surface area contributed by atoms with Gasteiger partial charge in [0.05, 0.1) is 11.1 Å². The molecule has 0 fully saturated rings. The van der Waals surface area contributed by atoms with E-state index in [1.54, 1.807) is 12.1 Å². The minimum Gasteiger partial charge on any atom is -0.375 e. The van der Waals surface area contributed by atoms with Crippen LogP contribution in [0.2, 0.25) is 0 Å². The molecule has 20 heavy (non-hydrogen) atoms. The lowest BCUT2D eigenvalue weighted by Crippen LogP contribution is -2.24. The smallest absolute Gasteiger partial charge is 0.240 e. The molecule has 1 rings (SSSR count). The molecule has 1 aromatic carbocycles. The Kier molecular flexibility index (Phi) is 6.56. The van der Waals surface area contributed by atoms with Crippen molar-refractivity contribution in [1.82, 2.24) is 10.1 Å². The molecule has 0 heterocycles. The van der Waals surface area contributed by atoms with Crippen LogP contribution in [-0.4, -0.2) is 26.3 Å². The lowest BCUT2D eigenvalue weighted by atomic mass is 10.2. The summed E-state index contributed by atoms with van der Waals surface area (Å²) in [6.45, 7) is 2.45. The summed E-state index contributed by atoms with van der Waals surface area (Å²) in [5.41, 5.74) is 8.37. The van der Waals surface area contributed by atoms with Gasteiger partial charge in [-0.1, -0.05) is 25.5 Å². The van der Waals surface area contributed by atoms with Crippen LogP contribution in [0.3, 0.4) is 0 Å². The second kappa shape index (κ2) is 7.93. The van der Waals surface area contributed by atoms with E-state index in [0.717, 1.165) is 18.4 Å². The summed E-state index contributed by atoms with van der Waals surface area (Å²) in [5.74, 6) is 0. The van der Waals surface area contributed by atoms with Crippen LogP contribution in [0.25, 0.3) is 0 Å². The number of nitrogens with one attached hydrogen (secondary N) is 2. The molecule has 0 unspecified atom stereocenters. The minimum absolute atomic E-state index is 0.0700. The predicted octanol–water partition coefficient (Wildman–Crippen LogP) is 0.932. The Labute approximate surface area is 124 Å². The molecule has 0 radical (unpaired) electrons. The summed E-state index contributed by atoms with van der Waals surface area (Å²) in [6, 6.07) is 6.35. The first-order valence-electron chi connectivity index (χ1n) is 6.14. The van der Waals surface area contributed by atoms with E-state index in [9.17, 15) is 8.42 Å². The van der Waals surface area contributed by atoms with Crippen molar-refractivity contribution in [2.75, 3.05) is 6.54 Å². The fourth-order valence-electron chi connectivity index (χ4n) is 1.37. The van der Waals surface area contributed by atoms with Crippen LogP contribution in [0.5, 0.6) is 0 Å². The number of nitrogens with two attached hydrogens (primary N) is 1. The van der Waals surface area contributed by atoms with Crippen LogP contribution in [0.1, 0.15) is 25.3 Å². The number of rotatable bonds is 7. The van der Waals surface area contributed by atoms with Gasteiger partial charge in [-0.25, -0.2) is 13.1 Å². The number of thiocarbonyl (C=S) groups is 1. The SMILES string of the molecule is CCCCNS(=O)(=O)c1ccc(/C=N/NC(N)=S)cc1. The summed E-state index contributed by atoms with van der Waals surface area (Å²) < 4.78 is 26.4. The van der Waals surface area contributed by atoms with E-state index in [-0.39, 0.29) is 10.0 Å². The number of hydrogen-bond donors (Lipinski definition) is 3. The summed E-state index contributed by atoms with van der Waals surface area (Å²) in [4.78, 5) is 0.230. The number of hydrazone groups is 1. The Morgan fingerprint density at radius 1 is 1.40 bits per heavy atom. The highest BCUT2D eigenvalue weighted by atomic mass is 32.2. The Bertz CT molecular complexity index is 568. The molecule has 0 amide bonds. The zero-order chi connectivity index (χ0) is 15.0. The number of sulfonamides is 1. The van der Waals surface area contributed by atoms with E-state index in [1.807, 2.05) is 6.92 Å². The van der Waals surface area contributed by atoms with Crippen LogP contribution in [0.4, 0.5) is 0 Å². The fourth-order valence-corrected chi connectivity index (χ4v) is 2.50. The topological polar surface area (TPSA) is 96.6 Å². The van der Waals surface area contributed by atoms with Gasteiger partial charge in [-0.2, -0.15) is 5.10 Å². The predicted molar refractivity (Wildman–Crippen MR) is 84.1 cm³/mol. The van der Waals surface area contributed by atoms with E-state index in [2.05, 4.69) is 27.5 Å². The van der Waals surface area contributed by atoms with Crippen molar-refractivity contribution in [2.24, 2.45) is 10.8 Å². The van der Waals surface area contributed by atoms with E-state index in [1.165, 1.54) is 18.3 Å². The van der Waals surface area contributed by atoms with Crippen molar-refractivity contribution in [1.29, 1.82) is 0 Å². The highest BCUT2D eigenvalue weighted by Crippen LogP contribution is 2.09. The van der Waals surface area contributed by atoms with Gasteiger partial charge < -0.3 is 5.73 Å². The van der Waals surface area contributed by atoms with Crippen molar-refractivity contribution in [2.45, 2.75) is 24.7 Å². The van der Waals surface area contributed by atoms with Crippen molar-refractivity contribution in [3.8, 4) is 0 Å². The first kappa shape index (κ1) is 16.5. The zero-order valence-electron chi connectivity index (χ0n) is 11.2. The Balaban J connectivity index is 2.70. The average molecular weight is 314 g/mol. The summed E-state index contributed by atoms with van der Waals surface area (Å²) >= 11 is 4.60. The lowest BCUT2D eigenvalue weighted by Gasteiger charge is -2.06. The van der Waals surface area contributed by atoms with Crippen molar-refractivity contribution in [3.63, 3.8) is 0 Å². The molecule has 0 saturated heterocycles. The van der Waals surface area contributed by atoms with Crippen molar-refractivity contribution in [3.05, 3.63) is 29.8 Å². The number of unbranched alkanes of at least 4 members (excludes halogenated alkanes) is 1. The van der Waals surface area contributed by atoms with Crippen LogP contribution in [0.15, 0.2) is 34.3 Å². The van der Waals surface area contributed by atoms with Gasteiger partial charge in [-0.15, -0.1) is 0 Å². The van der Waals surface area contributed by atoms with E-state index in [0.29, 0.717) is 6.54 Å². The maximum atomic E-state index is 11.9. The summed E-state index contributed by atoms with van der Waals surface area (Å²) in [7, 11) is -3.43. The first-order chi connectivity index (χ1) is 9.45. The third-order valence-electron chi connectivity index (χ3n) is 2.40. The minimum atomic E-state index is -3.43. The number of hydrogen-bond acceptors (Lipinski definition) is 4. The molecule has 0 atom stereocenters. The number of nitrogens with zero attached hydrogens (tertiary/aromatic N) is 1. The van der Waals surface area contributed by atoms with Gasteiger partial charge in [0.2, 0.25) is 10.0 Å². The van der Waals surface area contributed by atoms with Gasteiger partial charge in [0.15, 0.2) is 5.11 Å². The normalized spacial score (nSPS) is 11.7. The molecular weight excluding hydrogens is 296 g/mol. The summed E-state index contributed by atoms with van der Waals surface area (Å²) in [5, 5.41) is 3.86. The average Bonchev–Trinajstić information content (AvgIpc) is 2.39. The molecular formula is C12H18N4O2S2. The highest BCUT2D eigenvalue weighted by molar-refractivity contribution is 7.89. The first-order valence-corrected chi connectivity index (χ1v) is 8.03. The van der Waals surface area contributed by atoms with Gasteiger partial charge in [0.1, 0.15) is 0 Å². The van der Waals surface area contributed by atoms with E-state index in [4.69, 9.17) is 5.73 Å². The molecule has 0 aliphatic carbocycles. The molecule has 0 bridgehead atoms. The van der Waals surface area contributed by atoms with Gasteiger partial charge in [0, 0.05) is 6.54 Å². The van der Waals surface area contributed by atoms with Crippen LogP contribution in [0, 0.1) is 0 Å². The van der Waals surface area contributed by atoms with E-state index >= 15 is 0 Å². The molecule has 0 aliphatic heterocycles. The van der Waals surface area contributed by atoms with Crippen molar-refractivity contribution < 1.29 is 8.42 Å². The van der Waals surface area contributed by atoms with Gasteiger partial charge in [-0.05, 0) is 36.3 Å². The maximum absolute atomic E-state index is 11.9. The Morgan fingerprint density at radius 3 is 2.60 bits per heavy atom. The fraction of sp³-hybridized carbons (Fsp3) is 0.333. The molecule has 0 aromatic heterocycles. The largest absolute Gasteiger partial charge is 0.375 e. The molecule has 0 aliphatic rings. The standard InChI is InChI=1S/C12H18N4O2S2/c1-2-3-8-15-20(17,18)11-6-4-10(5-7-11)9-14-16-12(13)19/h4-7,9,15H,2-3,8H2,1H3,(H3,13,16,19)/b14-9+. The third kappa shape index (κ3) is 5.64. The quantitative estimate of drug-likeness (QED) is 0.301. The second-order valence-corrected chi connectivity index (χ2v) is 6.26. The molecule has 1 aromatic rings. The Hall–Kier alpha value is -1.51. The van der Waals surface area contributed by atoms with Crippen LogP contribution < -0.4 is 15.9 Å². The summed E-state index contributed by atoms with van der Waals surface area (Å²) in [6.07, 6.45) is 3.25. The molecule has 4 N–H and O–H groups in total. The molecule has 6 nitrogen and oxygen atoms in total. The monoisotopic (exact) mass is 314 g/mol. The highest BCUT2D eigenvalue weighted by Gasteiger charge is 2.12. The molecule has 8 heteroatoms. The van der Waals surface area contributed by atoms with Crippen molar-refractivity contribution >= 4 is 33.6 Å². The van der Waals surface area contributed by atoms with E-state index < -0.39 is 10.0 Å². The maximum Gasteiger partial charge on any atom is 0.240 e. The molecule has 0 spiro atoms. The molecule has 110 valence electrons. The van der Waals surface area contributed by atoms with Crippen LogP contribution >= 0.6 is 12.2 Å². The van der Waals surface area contributed by atoms with Gasteiger partial charge in [0.25, 0.3) is 0 Å². The zero-order valence-corrected chi connectivity index (χ0v) is 12.8. The second-order valence-electron chi connectivity index (χ2n) is 4.05. The molecule has 0 saturated carbocycles. The third-order valence-corrected chi connectivity index (χ3v) is 3.97.